The molecule has 0 aliphatic rings. The Morgan fingerprint density at radius 2 is 1.94 bits per heavy atom. The summed E-state index contributed by atoms with van der Waals surface area (Å²) in [5, 5.41) is 13.5. The number of carbonyl (C=O) groups excluding carboxylic acids is 1. The van der Waals surface area contributed by atoms with Crippen molar-refractivity contribution in [2.75, 3.05) is 25.1 Å². The number of aromatic nitrogens is 4. The molecule has 0 aliphatic heterocycles. The van der Waals surface area contributed by atoms with Crippen molar-refractivity contribution in [1.29, 1.82) is 0 Å². The lowest BCUT2D eigenvalue weighted by Gasteiger charge is -2.09. The van der Waals surface area contributed by atoms with E-state index in [1.807, 2.05) is 30.5 Å². The largest absolute Gasteiger partial charge is 0.494 e. The molecule has 9 nitrogen and oxygen atoms in total. The SMILES string of the molecule is CCOc1ccc(OCC(=O)NCCn2ncc3c(NCc4cccs4)ncnc32)cc1. The molecule has 10 heteroatoms. The van der Waals surface area contributed by atoms with Crippen molar-refractivity contribution in [3.63, 3.8) is 0 Å². The van der Waals surface area contributed by atoms with Crippen LogP contribution in [0.25, 0.3) is 11.0 Å². The Labute approximate surface area is 189 Å². The van der Waals surface area contributed by atoms with Gasteiger partial charge in [-0.25, -0.2) is 14.6 Å². The van der Waals surface area contributed by atoms with Crippen LogP contribution in [0.2, 0.25) is 0 Å². The Kier molecular flexibility index (Phi) is 7.13. The molecule has 3 aromatic heterocycles. The van der Waals surface area contributed by atoms with Gasteiger partial charge in [0.05, 0.1) is 31.3 Å². The van der Waals surface area contributed by atoms with Gasteiger partial charge >= 0.3 is 0 Å². The molecule has 0 radical (unpaired) electrons. The monoisotopic (exact) mass is 452 g/mol. The lowest BCUT2D eigenvalue weighted by Crippen LogP contribution is -2.31. The van der Waals surface area contributed by atoms with Crippen molar-refractivity contribution in [3.8, 4) is 11.5 Å². The second-order valence-corrected chi connectivity index (χ2v) is 7.84. The van der Waals surface area contributed by atoms with E-state index in [-0.39, 0.29) is 12.5 Å². The summed E-state index contributed by atoms with van der Waals surface area (Å²) in [5.41, 5.74) is 0.716. The van der Waals surface area contributed by atoms with Crippen LogP contribution >= 0.6 is 11.3 Å². The lowest BCUT2D eigenvalue weighted by molar-refractivity contribution is -0.123. The number of carbonyl (C=O) groups is 1. The third kappa shape index (κ3) is 5.52. The molecule has 3 heterocycles. The zero-order chi connectivity index (χ0) is 22.2. The third-order valence-corrected chi connectivity index (χ3v) is 5.47. The Morgan fingerprint density at radius 3 is 2.69 bits per heavy atom. The van der Waals surface area contributed by atoms with Gasteiger partial charge in [-0.15, -0.1) is 11.3 Å². The van der Waals surface area contributed by atoms with Crippen molar-refractivity contribution >= 4 is 34.1 Å². The van der Waals surface area contributed by atoms with E-state index in [9.17, 15) is 4.79 Å². The van der Waals surface area contributed by atoms with Gasteiger partial charge in [-0.05, 0) is 42.6 Å². The number of benzene rings is 1. The molecule has 0 fully saturated rings. The smallest absolute Gasteiger partial charge is 0.258 e. The quantitative estimate of drug-likeness (QED) is 0.360. The topological polar surface area (TPSA) is 103 Å². The first-order valence-electron chi connectivity index (χ1n) is 10.3. The number of thiophene rings is 1. The summed E-state index contributed by atoms with van der Waals surface area (Å²) in [6.45, 7) is 4.05. The lowest BCUT2D eigenvalue weighted by atomic mass is 10.3. The summed E-state index contributed by atoms with van der Waals surface area (Å²) in [6.07, 6.45) is 3.25. The van der Waals surface area contributed by atoms with E-state index in [2.05, 4.69) is 31.8 Å². The molecule has 0 spiro atoms. The Hall–Kier alpha value is -3.66. The molecule has 1 aromatic carbocycles. The van der Waals surface area contributed by atoms with Gasteiger partial charge in [-0.3, -0.25) is 4.79 Å². The van der Waals surface area contributed by atoms with Crippen molar-refractivity contribution < 1.29 is 14.3 Å². The minimum Gasteiger partial charge on any atom is -0.494 e. The van der Waals surface area contributed by atoms with Crippen LogP contribution in [-0.2, 0) is 17.9 Å². The standard InChI is InChI=1S/C22H24N6O3S/c1-2-30-16-5-7-17(8-6-16)31-14-20(29)23-9-10-28-22-19(13-27-28)21(25-15-26-22)24-12-18-4-3-11-32-18/h3-8,11,13,15H,2,9-10,12,14H2,1H3,(H,23,29)(H,24,25,26). The third-order valence-electron chi connectivity index (χ3n) is 4.59. The first kappa shape index (κ1) is 21.6. The molecule has 4 rings (SSSR count). The second kappa shape index (κ2) is 10.6. The van der Waals surface area contributed by atoms with Crippen LogP contribution < -0.4 is 20.1 Å². The molecule has 0 saturated heterocycles. The van der Waals surface area contributed by atoms with E-state index in [1.165, 1.54) is 11.2 Å². The van der Waals surface area contributed by atoms with Crippen LogP contribution in [0.1, 0.15) is 11.8 Å². The van der Waals surface area contributed by atoms with Crippen molar-refractivity contribution in [2.24, 2.45) is 0 Å². The average Bonchev–Trinajstić information content (AvgIpc) is 3.48. The maximum absolute atomic E-state index is 12.1. The minimum absolute atomic E-state index is 0.0627. The second-order valence-electron chi connectivity index (χ2n) is 6.80. The number of nitrogens with one attached hydrogen (secondary N) is 2. The summed E-state index contributed by atoms with van der Waals surface area (Å²) in [4.78, 5) is 22.0. The zero-order valence-electron chi connectivity index (χ0n) is 17.7. The number of hydrogen-bond acceptors (Lipinski definition) is 8. The highest BCUT2D eigenvalue weighted by molar-refractivity contribution is 7.09. The molecule has 32 heavy (non-hydrogen) atoms. The molecule has 2 N–H and O–H groups in total. The Bertz CT molecular complexity index is 1140. The van der Waals surface area contributed by atoms with E-state index in [0.29, 0.717) is 37.6 Å². The van der Waals surface area contributed by atoms with Gasteiger partial charge in [0, 0.05) is 11.4 Å². The predicted molar refractivity (Wildman–Crippen MR) is 123 cm³/mol. The number of nitrogens with zero attached hydrogens (tertiary/aromatic N) is 4. The van der Waals surface area contributed by atoms with Crippen molar-refractivity contribution in [2.45, 2.75) is 20.0 Å². The number of rotatable bonds is 11. The molecule has 4 aromatic rings. The number of anilines is 1. The van der Waals surface area contributed by atoms with Gasteiger partial charge in [0.25, 0.3) is 5.91 Å². The van der Waals surface area contributed by atoms with E-state index < -0.39 is 0 Å². The first-order valence-corrected chi connectivity index (χ1v) is 11.2. The molecule has 0 unspecified atom stereocenters. The van der Waals surface area contributed by atoms with E-state index in [1.54, 1.807) is 34.3 Å². The molecule has 1 amide bonds. The Balaban J connectivity index is 1.26. The summed E-state index contributed by atoms with van der Waals surface area (Å²) in [7, 11) is 0. The van der Waals surface area contributed by atoms with Gasteiger partial charge in [0.15, 0.2) is 12.3 Å². The molecule has 0 aliphatic carbocycles. The number of amides is 1. The van der Waals surface area contributed by atoms with Crippen LogP contribution in [0, 0.1) is 0 Å². The molecule has 0 bridgehead atoms. The molecule has 0 atom stereocenters. The maximum Gasteiger partial charge on any atom is 0.258 e. The van der Waals surface area contributed by atoms with Crippen LogP contribution in [0.15, 0.2) is 54.3 Å². The van der Waals surface area contributed by atoms with Crippen LogP contribution in [0.3, 0.4) is 0 Å². The van der Waals surface area contributed by atoms with E-state index >= 15 is 0 Å². The number of fused-ring (bicyclic) bond motifs is 1. The van der Waals surface area contributed by atoms with Crippen molar-refractivity contribution in [1.82, 2.24) is 25.1 Å². The number of hydrogen-bond donors (Lipinski definition) is 2. The van der Waals surface area contributed by atoms with Gasteiger partial charge in [-0.2, -0.15) is 5.10 Å². The summed E-state index contributed by atoms with van der Waals surface area (Å²) >= 11 is 1.69. The van der Waals surface area contributed by atoms with Crippen LogP contribution in [-0.4, -0.2) is 45.4 Å². The Morgan fingerprint density at radius 1 is 1.12 bits per heavy atom. The summed E-state index contributed by atoms with van der Waals surface area (Å²) < 4.78 is 12.7. The van der Waals surface area contributed by atoms with Crippen LogP contribution in [0.5, 0.6) is 11.5 Å². The van der Waals surface area contributed by atoms with Gasteiger partial charge in [0.1, 0.15) is 23.6 Å². The molecular weight excluding hydrogens is 428 g/mol. The fraction of sp³-hybridized carbons (Fsp3) is 0.273. The highest BCUT2D eigenvalue weighted by Gasteiger charge is 2.10. The van der Waals surface area contributed by atoms with Crippen LogP contribution in [0.4, 0.5) is 5.82 Å². The van der Waals surface area contributed by atoms with Crippen molar-refractivity contribution in [3.05, 3.63) is 59.2 Å². The van der Waals surface area contributed by atoms with Gasteiger partial charge < -0.3 is 20.1 Å². The minimum atomic E-state index is -0.205. The van der Waals surface area contributed by atoms with Gasteiger partial charge in [0.2, 0.25) is 0 Å². The zero-order valence-corrected chi connectivity index (χ0v) is 18.5. The molecular formula is C22H24N6O3S. The van der Waals surface area contributed by atoms with E-state index in [0.717, 1.165) is 17.0 Å². The summed E-state index contributed by atoms with van der Waals surface area (Å²) in [6, 6.07) is 11.3. The first-order chi connectivity index (χ1) is 15.7. The summed E-state index contributed by atoms with van der Waals surface area (Å²) in [5.74, 6) is 1.91. The van der Waals surface area contributed by atoms with E-state index in [4.69, 9.17) is 9.47 Å². The molecule has 0 saturated carbocycles. The highest BCUT2D eigenvalue weighted by Crippen LogP contribution is 2.20. The van der Waals surface area contributed by atoms with Gasteiger partial charge in [-0.1, -0.05) is 6.07 Å². The highest BCUT2D eigenvalue weighted by atomic mass is 32.1. The fourth-order valence-electron chi connectivity index (χ4n) is 3.08. The predicted octanol–water partition coefficient (Wildman–Crippen LogP) is 3.09. The molecule has 166 valence electrons. The normalized spacial score (nSPS) is 10.8. The number of ether oxygens (including phenoxy) is 2. The average molecular weight is 453 g/mol. The maximum atomic E-state index is 12.1. The fourth-order valence-corrected chi connectivity index (χ4v) is 3.73.